The average Bonchev–Trinajstić information content (AvgIpc) is 2.62. The van der Waals surface area contributed by atoms with Crippen LogP contribution in [-0.4, -0.2) is 48.9 Å². The van der Waals surface area contributed by atoms with E-state index in [1.165, 1.54) is 0 Å². The molecular formula is C19H24F3N5. The molecule has 0 aliphatic carbocycles. The van der Waals surface area contributed by atoms with E-state index in [1.54, 1.807) is 18.2 Å². The maximum Gasteiger partial charge on any atom is 0.417 e. The fourth-order valence-corrected chi connectivity index (χ4v) is 3.33. The van der Waals surface area contributed by atoms with Gasteiger partial charge in [-0.1, -0.05) is 18.7 Å². The maximum absolute atomic E-state index is 13.3. The van der Waals surface area contributed by atoms with Gasteiger partial charge in [0.05, 0.1) is 17.9 Å². The maximum atomic E-state index is 13.3. The quantitative estimate of drug-likeness (QED) is 0.692. The van der Waals surface area contributed by atoms with Gasteiger partial charge in [-0.05, 0) is 45.1 Å². The summed E-state index contributed by atoms with van der Waals surface area (Å²) in [6, 6.07) is 7.27. The molecule has 1 aromatic carbocycles. The Bertz CT molecular complexity index is 826. The van der Waals surface area contributed by atoms with Gasteiger partial charge in [0, 0.05) is 22.5 Å². The molecular weight excluding hydrogens is 355 g/mol. The third kappa shape index (κ3) is 4.33. The zero-order valence-electron chi connectivity index (χ0n) is 15.2. The van der Waals surface area contributed by atoms with Crippen LogP contribution < -0.4 is 16.4 Å². The zero-order valence-corrected chi connectivity index (χ0v) is 15.2. The van der Waals surface area contributed by atoms with E-state index in [0.29, 0.717) is 16.6 Å². The first-order valence-electron chi connectivity index (χ1n) is 8.89. The minimum Gasteiger partial charge on any atom is -0.382 e. The number of aromatic nitrogens is 1. The van der Waals surface area contributed by atoms with Crippen molar-refractivity contribution in [2.45, 2.75) is 25.1 Å². The van der Waals surface area contributed by atoms with E-state index in [9.17, 15) is 13.2 Å². The number of likely N-dealkylation sites (tertiary alicyclic amines) is 1. The van der Waals surface area contributed by atoms with Gasteiger partial charge in [0.15, 0.2) is 0 Å². The second-order valence-corrected chi connectivity index (χ2v) is 6.84. The van der Waals surface area contributed by atoms with Gasteiger partial charge in [0.2, 0.25) is 0 Å². The van der Waals surface area contributed by atoms with E-state index in [-0.39, 0.29) is 18.4 Å². The molecule has 2 heterocycles. The fraction of sp³-hybridized carbons (Fsp3) is 0.421. The van der Waals surface area contributed by atoms with Crippen molar-refractivity contribution in [2.75, 3.05) is 37.4 Å². The van der Waals surface area contributed by atoms with Crippen LogP contribution in [0.25, 0.3) is 16.3 Å². The number of piperidine rings is 1. The molecule has 1 aliphatic rings. The summed E-state index contributed by atoms with van der Waals surface area (Å²) in [5.41, 5.74) is 5.15. The second-order valence-electron chi connectivity index (χ2n) is 6.84. The fourth-order valence-electron chi connectivity index (χ4n) is 3.33. The van der Waals surface area contributed by atoms with Crippen molar-refractivity contribution in [3.63, 3.8) is 0 Å². The summed E-state index contributed by atoms with van der Waals surface area (Å²) in [5, 5.41) is 7.38. The highest BCUT2D eigenvalue weighted by atomic mass is 19.4. The number of nitrogens with zero attached hydrogens (tertiary/aromatic N) is 2. The third-order valence-corrected chi connectivity index (χ3v) is 4.86. The molecule has 0 atom stereocenters. The number of allylic oxidation sites excluding steroid dienone is 1. The lowest BCUT2D eigenvalue weighted by Gasteiger charge is -2.30. The van der Waals surface area contributed by atoms with Crippen LogP contribution in [0.3, 0.4) is 0 Å². The molecule has 0 bridgehead atoms. The molecule has 0 saturated carbocycles. The van der Waals surface area contributed by atoms with Crippen molar-refractivity contribution in [3.8, 4) is 0 Å². The Morgan fingerprint density at radius 1 is 1.30 bits per heavy atom. The molecule has 1 aromatic heterocycles. The molecule has 0 unspecified atom stereocenters. The first kappa shape index (κ1) is 19.4. The van der Waals surface area contributed by atoms with E-state index in [4.69, 9.17) is 5.73 Å². The van der Waals surface area contributed by atoms with Crippen LogP contribution in [0.4, 0.5) is 24.7 Å². The number of halogens is 3. The molecule has 2 aromatic rings. The number of fused-ring (bicyclic) bond motifs is 1. The van der Waals surface area contributed by atoms with Gasteiger partial charge in [-0.2, -0.15) is 13.2 Å². The summed E-state index contributed by atoms with van der Waals surface area (Å²) < 4.78 is 39.9. The van der Waals surface area contributed by atoms with E-state index >= 15 is 0 Å². The monoisotopic (exact) mass is 379 g/mol. The number of pyridine rings is 1. The number of nitrogens with one attached hydrogen (secondary N) is 2. The lowest BCUT2D eigenvalue weighted by molar-refractivity contribution is -0.0688. The summed E-state index contributed by atoms with van der Waals surface area (Å²) in [5.74, 6) is 0.294. The number of benzene rings is 1. The van der Waals surface area contributed by atoms with Gasteiger partial charge in [-0.3, -0.25) is 0 Å². The third-order valence-electron chi connectivity index (χ3n) is 4.86. The van der Waals surface area contributed by atoms with Crippen LogP contribution in [0.5, 0.6) is 0 Å². The molecule has 0 radical (unpaired) electrons. The minimum absolute atomic E-state index is 0.0704. The lowest BCUT2D eigenvalue weighted by Crippen LogP contribution is -2.36. The second kappa shape index (κ2) is 7.74. The van der Waals surface area contributed by atoms with Crippen molar-refractivity contribution in [1.82, 2.24) is 9.88 Å². The number of anilines is 2. The minimum atomic E-state index is -4.56. The van der Waals surface area contributed by atoms with Gasteiger partial charge in [0.25, 0.3) is 0 Å². The average molecular weight is 379 g/mol. The van der Waals surface area contributed by atoms with Gasteiger partial charge in [-0.15, -0.1) is 0 Å². The van der Waals surface area contributed by atoms with Crippen molar-refractivity contribution in [1.29, 1.82) is 0 Å². The highest BCUT2D eigenvalue weighted by Crippen LogP contribution is 2.38. The molecule has 0 spiro atoms. The van der Waals surface area contributed by atoms with Crippen LogP contribution in [0.15, 0.2) is 30.8 Å². The van der Waals surface area contributed by atoms with Crippen molar-refractivity contribution in [3.05, 3.63) is 36.5 Å². The summed E-state index contributed by atoms with van der Waals surface area (Å²) in [4.78, 5) is 6.37. The Balaban J connectivity index is 2.05. The molecule has 1 aliphatic heterocycles. The largest absolute Gasteiger partial charge is 0.417 e. The number of hydrogen-bond donors (Lipinski definition) is 3. The van der Waals surface area contributed by atoms with Crippen LogP contribution in [0, 0.1) is 0 Å². The summed E-state index contributed by atoms with van der Waals surface area (Å²) in [7, 11) is 2.08. The molecule has 27 heavy (non-hydrogen) atoms. The van der Waals surface area contributed by atoms with E-state index in [0.717, 1.165) is 31.6 Å². The summed E-state index contributed by atoms with van der Waals surface area (Å²) in [6.45, 7) is 5.27. The van der Waals surface area contributed by atoms with Crippen LogP contribution in [0.1, 0.15) is 18.5 Å². The van der Waals surface area contributed by atoms with Gasteiger partial charge in [0.1, 0.15) is 5.82 Å². The van der Waals surface area contributed by atoms with Gasteiger partial charge < -0.3 is 21.3 Å². The Hall–Kier alpha value is -2.32. The van der Waals surface area contributed by atoms with Gasteiger partial charge in [-0.25, -0.2) is 4.98 Å². The number of hydrogen-bond acceptors (Lipinski definition) is 5. The Labute approximate surface area is 156 Å². The van der Waals surface area contributed by atoms with Crippen molar-refractivity contribution >= 4 is 27.9 Å². The normalized spacial score (nSPS) is 16.5. The summed E-state index contributed by atoms with van der Waals surface area (Å²) in [6.07, 6.45) is -2.60. The molecule has 4 N–H and O–H groups in total. The molecule has 1 fully saturated rings. The molecule has 3 rings (SSSR count). The van der Waals surface area contributed by atoms with Crippen molar-refractivity contribution < 1.29 is 13.2 Å². The first-order chi connectivity index (χ1) is 12.8. The van der Waals surface area contributed by atoms with Crippen LogP contribution >= 0.6 is 0 Å². The van der Waals surface area contributed by atoms with Crippen LogP contribution in [0.2, 0.25) is 0 Å². The van der Waals surface area contributed by atoms with E-state index in [1.807, 2.05) is 6.07 Å². The Kier molecular flexibility index (Phi) is 5.57. The van der Waals surface area contributed by atoms with Crippen LogP contribution in [-0.2, 0) is 0 Å². The highest BCUT2D eigenvalue weighted by molar-refractivity contribution is 6.01. The number of nitrogens with two attached hydrogens (primary N) is 1. The number of alkyl halides is 3. The predicted molar refractivity (Wildman–Crippen MR) is 104 cm³/mol. The molecule has 1 saturated heterocycles. The smallest absolute Gasteiger partial charge is 0.382 e. The summed E-state index contributed by atoms with van der Waals surface area (Å²) >= 11 is 0. The Morgan fingerprint density at radius 3 is 2.63 bits per heavy atom. The Morgan fingerprint density at radius 2 is 2.00 bits per heavy atom. The molecule has 8 heteroatoms. The SMILES string of the molecule is C=C(c1nc(NCN)cc2c(NC3CCN(C)CC3)cccc12)C(F)(F)F. The molecule has 0 amide bonds. The van der Waals surface area contributed by atoms with E-state index in [2.05, 4.69) is 34.1 Å². The van der Waals surface area contributed by atoms with E-state index < -0.39 is 11.7 Å². The number of rotatable bonds is 5. The standard InChI is InChI=1S/C19H24F3N5/c1-12(19(20,21)22)18-14-4-3-5-16(15(14)10-17(26-18)24-11-23)25-13-6-8-27(2)9-7-13/h3-5,10,13,25H,1,6-9,11,23H2,2H3,(H,24,26). The first-order valence-corrected chi connectivity index (χ1v) is 8.89. The molecule has 5 nitrogen and oxygen atoms in total. The lowest BCUT2D eigenvalue weighted by atomic mass is 10.0. The topological polar surface area (TPSA) is 66.2 Å². The van der Waals surface area contributed by atoms with Crippen molar-refractivity contribution in [2.24, 2.45) is 5.73 Å². The van der Waals surface area contributed by atoms with Gasteiger partial charge >= 0.3 is 6.18 Å². The zero-order chi connectivity index (χ0) is 19.6. The highest BCUT2D eigenvalue weighted by Gasteiger charge is 2.35. The molecule has 146 valence electrons. The predicted octanol–water partition coefficient (Wildman–Crippen LogP) is 3.64.